The molecule has 0 bridgehead atoms. The monoisotopic (exact) mass is 505 g/mol. The van der Waals surface area contributed by atoms with Crippen LogP contribution in [0.5, 0.6) is 0 Å². The third-order valence-corrected chi connectivity index (χ3v) is 8.00. The average Bonchev–Trinajstić information content (AvgIpc) is 3.26. The fourth-order valence-electron chi connectivity index (χ4n) is 4.46. The number of anilines is 3. The van der Waals surface area contributed by atoms with Crippen molar-refractivity contribution in [3.05, 3.63) is 126 Å². The van der Waals surface area contributed by atoms with E-state index >= 15 is 0 Å². The lowest BCUT2D eigenvalue weighted by Crippen LogP contribution is -2.09. The van der Waals surface area contributed by atoms with Crippen LogP contribution in [0.15, 0.2) is 126 Å². The van der Waals surface area contributed by atoms with Crippen LogP contribution in [0.2, 0.25) is 0 Å². The van der Waals surface area contributed by atoms with Crippen molar-refractivity contribution >= 4 is 64.5 Å². The van der Waals surface area contributed by atoms with Crippen molar-refractivity contribution in [1.29, 1.82) is 0 Å². The summed E-state index contributed by atoms with van der Waals surface area (Å²) in [5.41, 5.74) is 5.92. The van der Waals surface area contributed by atoms with Crippen LogP contribution in [0.3, 0.4) is 0 Å². The summed E-state index contributed by atoms with van der Waals surface area (Å²) in [6.45, 7) is 0. The molecule has 1 heterocycles. The van der Waals surface area contributed by atoms with Crippen LogP contribution in [0, 0.1) is 0 Å². The highest BCUT2D eigenvalue weighted by atomic mass is 79.9. The van der Waals surface area contributed by atoms with Gasteiger partial charge in [0.2, 0.25) is 0 Å². The van der Waals surface area contributed by atoms with Gasteiger partial charge >= 0.3 is 0 Å². The van der Waals surface area contributed by atoms with Crippen LogP contribution in [0.25, 0.3) is 31.3 Å². The van der Waals surface area contributed by atoms with E-state index in [2.05, 4.69) is 142 Å². The predicted octanol–water partition coefficient (Wildman–Crippen LogP) is 9.95. The van der Waals surface area contributed by atoms with Crippen LogP contribution >= 0.6 is 27.3 Å². The molecule has 0 atom stereocenters. The second-order valence-corrected chi connectivity index (χ2v) is 9.86. The molecule has 3 heteroatoms. The Kier molecular flexibility index (Phi) is 5.21. The van der Waals surface area contributed by atoms with Gasteiger partial charge in [-0.2, -0.15) is 0 Å². The van der Waals surface area contributed by atoms with Gasteiger partial charge in [0.1, 0.15) is 0 Å². The number of benzene rings is 5. The fraction of sp³-hybridized carbons (Fsp3) is 0. The number of thiophene rings is 1. The highest BCUT2D eigenvalue weighted by Gasteiger charge is 2.18. The molecule has 33 heavy (non-hydrogen) atoms. The smallest absolute Gasteiger partial charge is 0.0499 e. The van der Waals surface area contributed by atoms with Crippen LogP contribution in [-0.2, 0) is 0 Å². The Bertz CT molecular complexity index is 1520. The first-order valence-electron chi connectivity index (χ1n) is 10.9. The van der Waals surface area contributed by atoms with Gasteiger partial charge in [0.15, 0.2) is 0 Å². The average molecular weight is 506 g/mol. The maximum atomic E-state index is 3.90. The van der Waals surface area contributed by atoms with Crippen molar-refractivity contribution in [1.82, 2.24) is 0 Å². The van der Waals surface area contributed by atoms with Crippen LogP contribution in [-0.4, -0.2) is 0 Å². The van der Waals surface area contributed by atoms with E-state index < -0.39 is 0 Å². The topological polar surface area (TPSA) is 3.24 Å². The van der Waals surface area contributed by atoms with Crippen molar-refractivity contribution in [3.63, 3.8) is 0 Å². The number of hydrogen-bond donors (Lipinski definition) is 0. The number of hydrogen-bond acceptors (Lipinski definition) is 2. The lowest BCUT2D eigenvalue weighted by molar-refractivity contribution is 1.29. The molecule has 6 aromatic rings. The summed E-state index contributed by atoms with van der Waals surface area (Å²) in [6.07, 6.45) is 0. The minimum atomic E-state index is 1.12. The first-order chi connectivity index (χ1) is 16.3. The van der Waals surface area contributed by atoms with E-state index in [1.807, 2.05) is 11.3 Å². The number of rotatable bonds is 4. The molecule has 0 radical (unpaired) electrons. The van der Waals surface area contributed by atoms with E-state index in [0.29, 0.717) is 0 Å². The van der Waals surface area contributed by atoms with Gasteiger partial charge in [-0.25, -0.2) is 0 Å². The second kappa shape index (κ2) is 8.51. The van der Waals surface area contributed by atoms with Gasteiger partial charge in [0.25, 0.3) is 0 Å². The largest absolute Gasteiger partial charge is 0.310 e. The molecule has 1 nitrogen and oxygen atoms in total. The molecule has 0 aliphatic heterocycles. The van der Waals surface area contributed by atoms with E-state index in [4.69, 9.17) is 0 Å². The Labute approximate surface area is 205 Å². The Balaban J connectivity index is 1.65. The van der Waals surface area contributed by atoms with Crippen molar-refractivity contribution in [2.45, 2.75) is 0 Å². The Morgan fingerprint density at radius 3 is 1.82 bits per heavy atom. The molecule has 0 amide bonds. The third-order valence-electron chi connectivity index (χ3n) is 5.91. The fourth-order valence-corrected chi connectivity index (χ4v) is 6.27. The molecule has 158 valence electrons. The summed E-state index contributed by atoms with van der Waals surface area (Å²) in [4.78, 5) is 2.32. The zero-order valence-corrected chi connectivity index (χ0v) is 20.2. The molecule has 0 unspecified atom stereocenters. The van der Waals surface area contributed by atoms with Gasteiger partial charge in [0, 0.05) is 41.7 Å². The quantitative estimate of drug-likeness (QED) is 0.230. The van der Waals surface area contributed by atoms with Gasteiger partial charge in [-0.3, -0.25) is 0 Å². The van der Waals surface area contributed by atoms with Crippen LogP contribution < -0.4 is 4.90 Å². The minimum Gasteiger partial charge on any atom is -0.310 e. The van der Waals surface area contributed by atoms with E-state index in [-0.39, 0.29) is 0 Å². The molecule has 0 aliphatic rings. The maximum Gasteiger partial charge on any atom is 0.0499 e. The Hall–Kier alpha value is -3.40. The van der Waals surface area contributed by atoms with Crippen molar-refractivity contribution in [2.24, 2.45) is 0 Å². The highest BCUT2D eigenvalue weighted by Crippen LogP contribution is 2.46. The Morgan fingerprint density at radius 1 is 0.576 bits per heavy atom. The summed E-state index contributed by atoms with van der Waals surface area (Å²) in [6, 6.07) is 43.0. The summed E-state index contributed by atoms with van der Waals surface area (Å²) in [5.74, 6) is 0. The van der Waals surface area contributed by atoms with Crippen LogP contribution in [0.1, 0.15) is 0 Å². The zero-order chi connectivity index (χ0) is 22.2. The van der Waals surface area contributed by atoms with E-state index in [1.54, 1.807) is 0 Å². The molecule has 0 N–H and O–H groups in total. The molecule has 5 aromatic carbocycles. The van der Waals surface area contributed by atoms with Gasteiger partial charge in [-0.15, -0.1) is 11.3 Å². The molecule has 0 aliphatic carbocycles. The number of para-hydroxylation sites is 2. The minimum absolute atomic E-state index is 1.12. The lowest BCUT2D eigenvalue weighted by Gasteiger charge is -2.26. The number of nitrogens with zero attached hydrogens (tertiary/aromatic N) is 1. The van der Waals surface area contributed by atoms with Crippen molar-refractivity contribution in [3.8, 4) is 11.1 Å². The number of fused-ring (bicyclic) bond motifs is 3. The normalized spacial score (nSPS) is 11.2. The van der Waals surface area contributed by atoms with Crippen LogP contribution in [0.4, 0.5) is 17.1 Å². The van der Waals surface area contributed by atoms with Gasteiger partial charge in [-0.1, -0.05) is 78.9 Å². The van der Waals surface area contributed by atoms with E-state index in [1.165, 1.54) is 31.3 Å². The molecule has 0 saturated carbocycles. The van der Waals surface area contributed by atoms with Crippen molar-refractivity contribution < 1.29 is 0 Å². The summed E-state index contributed by atoms with van der Waals surface area (Å²) in [5, 5.41) is 2.59. The SMILES string of the molecule is Brc1cc(N(c2ccccc2)c2ccccc2)cc2c1sc1cccc(-c3ccccc3)c12. The summed E-state index contributed by atoms with van der Waals surface area (Å²) < 4.78 is 3.69. The third kappa shape index (κ3) is 3.64. The number of halogens is 1. The molecule has 0 saturated heterocycles. The van der Waals surface area contributed by atoms with Gasteiger partial charge < -0.3 is 4.90 Å². The van der Waals surface area contributed by atoms with Gasteiger partial charge in [-0.05, 0) is 69.5 Å². The molecule has 0 fully saturated rings. The summed E-state index contributed by atoms with van der Waals surface area (Å²) >= 11 is 5.75. The summed E-state index contributed by atoms with van der Waals surface area (Å²) in [7, 11) is 0. The van der Waals surface area contributed by atoms with E-state index in [0.717, 1.165) is 21.5 Å². The maximum absolute atomic E-state index is 3.90. The molecular weight excluding hydrogens is 486 g/mol. The molecule has 6 rings (SSSR count). The Morgan fingerprint density at radius 2 is 1.18 bits per heavy atom. The molecular formula is C30H20BrNS. The second-order valence-electron chi connectivity index (χ2n) is 7.96. The van der Waals surface area contributed by atoms with Crippen molar-refractivity contribution in [2.75, 3.05) is 4.90 Å². The van der Waals surface area contributed by atoms with Gasteiger partial charge in [0.05, 0.1) is 0 Å². The lowest BCUT2D eigenvalue weighted by atomic mass is 9.99. The first-order valence-corrected chi connectivity index (χ1v) is 12.5. The molecule has 1 aromatic heterocycles. The zero-order valence-electron chi connectivity index (χ0n) is 17.8. The van der Waals surface area contributed by atoms with E-state index in [9.17, 15) is 0 Å². The predicted molar refractivity (Wildman–Crippen MR) is 147 cm³/mol. The highest BCUT2D eigenvalue weighted by molar-refractivity contribution is 9.10. The standard InChI is InChI=1S/C30H20BrNS/c31-27-20-24(32(22-13-6-2-7-14-22)23-15-8-3-9-16-23)19-26-29-25(21-11-4-1-5-12-21)17-10-18-28(29)33-30(26)27/h1-20H. The first kappa shape index (κ1) is 20.2. The molecule has 0 spiro atoms.